The van der Waals surface area contributed by atoms with Gasteiger partial charge in [0.05, 0.1) is 18.1 Å². The van der Waals surface area contributed by atoms with Crippen LogP contribution in [-0.4, -0.2) is 47.3 Å². The molecule has 3 aromatic carbocycles. The largest absolute Gasteiger partial charge is 0.454 e. The Morgan fingerprint density at radius 3 is 2.47 bits per heavy atom. The lowest BCUT2D eigenvalue weighted by atomic mass is 9.77. The van der Waals surface area contributed by atoms with E-state index < -0.39 is 12.0 Å². The first-order chi connectivity index (χ1) is 18.6. The van der Waals surface area contributed by atoms with Crippen molar-refractivity contribution in [2.45, 2.75) is 56.2 Å². The van der Waals surface area contributed by atoms with Crippen molar-refractivity contribution in [3.05, 3.63) is 95.1 Å². The molecule has 6 rings (SSSR count). The number of hydrogen-bond donors (Lipinski definition) is 2. The Morgan fingerprint density at radius 1 is 0.921 bits per heavy atom. The molecule has 3 aliphatic rings. The van der Waals surface area contributed by atoms with Crippen molar-refractivity contribution in [2.24, 2.45) is 0 Å². The fourth-order valence-corrected chi connectivity index (χ4v) is 6.11. The van der Waals surface area contributed by atoms with Gasteiger partial charge in [-0.15, -0.1) is 0 Å². The lowest BCUT2D eigenvalue weighted by Crippen LogP contribution is -2.52. The Hall–Kier alpha value is -3.84. The molecule has 7 heteroatoms. The van der Waals surface area contributed by atoms with E-state index >= 15 is 0 Å². The topological polar surface area (TPSA) is 88.1 Å². The van der Waals surface area contributed by atoms with E-state index in [1.54, 1.807) is 0 Å². The summed E-state index contributed by atoms with van der Waals surface area (Å²) < 4.78 is 11.2. The van der Waals surface area contributed by atoms with Crippen LogP contribution in [0.5, 0.6) is 11.5 Å². The summed E-state index contributed by atoms with van der Waals surface area (Å²) in [5.74, 6) is 0.512. The Bertz CT molecular complexity index is 1320. The number of hydrogen-bond acceptors (Lipinski definition) is 5. The zero-order valence-electron chi connectivity index (χ0n) is 21.2. The van der Waals surface area contributed by atoms with Crippen molar-refractivity contribution < 1.29 is 24.2 Å². The molecule has 2 aliphatic heterocycles. The molecule has 3 aromatic rings. The molecule has 2 N–H and O–H groups in total. The first-order valence-electron chi connectivity index (χ1n) is 13.4. The summed E-state index contributed by atoms with van der Waals surface area (Å²) in [7, 11) is 0. The van der Waals surface area contributed by atoms with Gasteiger partial charge in [-0.1, -0.05) is 54.6 Å². The standard InChI is InChI=1S/C31H32N2O5/c34-23-13-11-22(12-14-23)33-29(21-10-15-26-27(18-21)38-19-37-26)28(24-8-4-5-9-25(24)31(33)36)30(35)32-17-16-20-6-2-1-3-7-20/h1-10,15,18,22-23,28-29,34H,11-14,16-17,19H2,(H,32,35)/t22?,23?,28-,29+/m1/s1. The lowest BCUT2D eigenvalue weighted by Gasteiger charge is -2.47. The number of nitrogens with zero attached hydrogens (tertiary/aromatic N) is 1. The Kier molecular flexibility index (Phi) is 6.77. The van der Waals surface area contributed by atoms with Crippen LogP contribution in [0.15, 0.2) is 72.8 Å². The molecule has 1 saturated carbocycles. The van der Waals surface area contributed by atoms with Crippen LogP contribution in [0.4, 0.5) is 0 Å². The molecule has 0 radical (unpaired) electrons. The number of nitrogens with one attached hydrogen (secondary N) is 1. The monoisotopic (exact) mass is 512 g/mol. The Labute approximate surface area is 222 Å². The average Bonchev–Trinajstić information content (AvgIpc) is 3.42. The van der Waals surface area contributed by atoms with Gasteiger partial charge in [0.15, 0.2) is 11.5 Å². The number of aliphatic hydroxyl groups excluding tert-OH is 1. The van der Waals surface area contributed by atoms with E-state index in [-0.39, 0.29) is 30.8 Å². The molecule has 7 nitrogen and oxygen atoms in total. The Balaban J connectivity index is 1.39. The highest BCUT2D eigenvalue weighted by Gasteiger charge is 2.47. The lowest BCUT2D eigenvalue weighted by molar-refractivity contribution is -0.124. The second kappa shape index (κ2) is 10.5. The minimum atomic E-state index is -0.591. The van der Waals surface area contributed by atoms with Crippen molar-refractivity contribution in [3.63, 3.8) is 0 Å². The zero-order valence-corrected chi connectivity index (χ0v) is 21.2. The molecule has 38 heavy (non-hydrogen) atoms. The third kappa shape index (κ3) is 4.63. The first-order valence-corrected chi connectivity index (χ1v) is 13.4. The summed E-state index contributed by atoms with van der Waals surface area (Å²) in [5, 5.41) is 13.3. The van der Waals surface area contributed by atoms with Gasteiger partial charge in [0.2, 0.25) is 12.7 Å². The van der Waals surface area contributed by atoms with Gasteiger partial charge in [0.25, 0.3) is 5.91 Å². The van der Waals surface area contributed by atoms with Crippen LogP contribution in [0.3, 0.4) is 0 Å². The number of ether oxygens (including phenoxy) is 2. The van der Waals surface area contributed by atoms with Crippen molar-refractivity contribution >= 4 is 11.8 Å². The summed E-state index contributed by atoms with van der Waals surface area (Å²) >= 11 is 0. The maximum atomic E-state index is 14.1. The van der Waals surface area contributed by atoms with Gasteiger partial charge < -0.3 is 24.8 Å². The van der Waals surface area contributed by atoms with Crippen LogP contribution < -0.4 is 14.8 Å². The number of fused-ring (bicyclic) bond motifs is 2. The molecule has 1 aliphatic carbocycles. The maximum absolute atomic E-state index is 14.1. The van der Waals surface area contributed by atoms with E-state index in [2.05, 4.69) is 17.4 Å². The van der Waals surface area contributed by atoms with E-state index in [4.69, 9.17) is 9.47 Å². The second-order valence-electron chi connectivity index (χ2n) is 10.3. The summed E-state index contributed by atoms with van der Waals surface area (Å²) in [6.07, 6.45) is 3.03. The van der Waals surface area contributed by atoms with E-state index in [0.717, 1.165) is 23.1 Å². The van der Waals surface area contributed by atoms with Crippen LogP contribution in [0.25, 0.3) is 0 Å². The molecule has 0 saturated heterocycles. The number of rotatable bonds is 6. The van der Waals surface area contributed by atoms with Crippen molar-refractivity contribution in [1.82, 2.24) is 10.2 Å². The molecule has 0 spiro atoms. The molecule has 2 atom stereocenters. The van der Waals surface area contributed by atoms with E-state index in [9.17, 15) is 14.7 Å². The summed E-state index contributed by atoms with van der Waals surface area (Å²) in [5.41, 5.74) is 3.30. The average molecular weight is 513 g/mol. The highest BCUT2D eigenvalue weighted by molar-refractivity contribution is 6.01. The van der Waals surface area contributed by atoms with Gasteiger partial charge in [-0.05, 0) is 67.0 Å². The molecule has 0 bridgehead atoms. The molecule has 1 fully saturated rings. The normalized spacial score (nSPS) is 24.1. The number of carbonyl (C=O) groups is 2. The van der Waals surface area contributed by atoms with Gasteiger partial charge in [0, 0.05) is 18.2 Å². The van der Waals surface area contributed by atoms with Crippen molar-refractivity contribution in [3.8, 4) is 11.5 Å². The van der Waals surface area contributed by atoms with E-state index in [0.29, 0.717) is 49.3 Å². The quantitative estimate of drug-likeness (QED) is 0.513. The highest BCUT2D eigenvalue weighted by atomic mass is 16.7. The van der Waals surface area contributed by atoms with Crippen LogP contribution in [0.1, 0.15) is 64.7 Å². The fraction of sp³-hybridized carbons (Fsp3) is 0.355. The zero-order chi connectivity index (χ0) is 26.1. The van der Waals surface area contributed by atoms with Crippen molar-refractivity contribution in [2.75, 3.05) is 13.3 Å². The summed E-state index contributed by atoms with van der Waals surface area (Å²) in [6, 6.07) is 22.6. The van der Waals surface area contributed by atoms with Gasteiger partial charge in [-0.2, -0.15) is 0 Å². The van der Waals surface area contributed by atoms with Crippen LogP contribution >= 0.6 is 0 Å². The first kappa shape index (κ1) is 24.5. The van der Waals surface area contributed by atoms with Gasteiger partial charge >= 0.3 is 0 Å². The van der Waals surface area contributed by atoms with E-state index in [1.807, 2.05) is 65.6 Å². The number of aliphatic hydroxyl groups is 1. The van der Waals surface area contributed by atoms with Crippen LogP contribution in [-0.2, 0) is 11.2 Å². The second-order valence-corrected chi connectivity index (χ2v) is 10.3. The van der Waals surface area contributed by atoms with Crippen molar-refractivity contribution in [1.29, 1.82) is 0 Å². The number of benzene rings is 3. The maximum Gasteiger partial charge on any atom is 0.254 e. The predicted molar refractivity (Wildman–Crippen MR) is 142 cm³/mol. The molecule has 0 unspecified atom stereocenters. The third-order valence-electron chi connectivity index (χ3n) is 8.01. The fourth-order valence-electron chi connectivity index (χ4n) is 6.11. The minimum Gasteiger partial charge on any atom is -0.454 e. The molecule has 2 amide bonds. The SMILES string of the molecule is O=C(NCCc1ccccc1)[C@@H]1c2ccccc2C(=O)N(C2CCC(O)CC2)[C@H]1c1ccc2c(c1)OCO2. The smallest absolute Gasteiger partial charge is 0.254 e. The molecule has 0 aromatic heterocycles. The van der Waals surface area contributed by atoms with Gasteiger partial charge in [-0.3, -0.25) is 9.59 Å². The molecule has 196 valence electrons. The number of amides is 2. The van der Waals surface area contributed by atoms with Gasteiger partial charge in [0.1, 0.15) is 0 Å². The molecular weight excluding hydrogens is 480 g/mol. The Morgan fingerprint density at radius 2 is 1.66 bits per heavy atom. The molecule has 2 heterocycles. The highest BCUT2D eigenvalue weighted by Crippen LogP contribution is 2.47. The summed E-state index contributed by atoms with van der Waals surface area (Å²) in [6.45, 7) is 0.651. The molecular formula is C31H32N2O5. The van der Waals surface area contributed by atoms with Crippen LogP contribution in [0.2, 0.25) is 0 Å². The predicted octanol–water partition coefficient (Wildman–Crippen LogP) is 4.36. The minimum absolute atomic E-state index is 0.0713. The summed E-state index contributed by atoms with van der Waals surface area (Å²) in [4.78, 5) is 30.0. The third-order valence-corrected chi connectivity index (χ3v) is 8.01. The number of carbonyl (C=O) groups excluding carboxylic acids is 2. The van der Waals surface area contributed by atoms with Crippen LogP contribution in [0, 0.1) is 0 Å². The van der Waals surface area contributed by atoms with E-state index in [1.165, 1.54) is 0 Å². The van der Waals surface area contributed by atoms with Gasteiger partial charge in [-0.25, -0.2) is 0 Å².